The third kappa shape index (κ3) is 3.26. The first-order valence-electron chi connectivity index (χ1n) is 3.15. The summed E-state index contributed by atoms with van der Waals surface area (Å²) in [5, 5.41) is 9.04. The van der Waals surface area contributed by atoms with Crippen molar-refractivity contribution in [2.45, 2.75) is 18.9 Å². The number of piperidine rings is 1. The molecule has 0 aliphatic carbocycles. The molecule has 9 heavy (non-hydrogen) atoms. The Kier molecular flexibility index (Phi) is 4.58. The molecule has 0 aromatic heterocycles. The Morgan fingerprint density at radius 1 is 1.56 bits per heavy atom. The average molecular weight is 166 g/mol. The van der Waals surface area contributed by atoms with Gasteiger partial charge in [-0.3, -0.25) is 0 Å². The summed E-state index contributed by atoms with van der Waals surface area (Å²) in [4.78, 5) is 2.16. The van der Waals surface area contributed by atoms with Gasteiger partial charge in [0.25, 0.3) is 0 Å². The van der Waals surface area contributed by atoms with Crippen LogP contribution in [0.3, 0.4) is 0 Å². The fourth-order valence-corrected chi connectivity index (χ4v) is 1.14. The SMILES string of the molecule is CN1CCCC(O)C1.[V]. The fourth-order valence-electron chi connectivity index (χ4n) is 1.14. The number of hydrogen-bond acceptors (Lipinski definition) is 2. The number of aliphatic hydroxyl groups is 1. The minimum atomic E-state index is -0.0613. The standard InChI is InChI=1S/C6H13NO.V/c1-7-4-2-3-6(8)5-7;/h6,8H,2-5H2,1H3;. The largest absolute Gasteiger partial charge is 0.392 e. The Labute approximate surface area is 68.1 Å². The number of likely N-dealkylation sites (tertiary alicyclic amines) is 1. The Balaban J connectivity index is 0.000000640. The van der Waals surface area contributed by atoms with Crippen LogP contribution in [0.4, 0.5) is 0 Å². The van der Waals surface area contributed by atoms with Gasteiger partial charge in [-0.25, -0.2) is 0 Å². The van der Waals surface area contributed by atoms with Gasteiger partial charge >= 0.3 is 0 Å². The molecule has 1 aliphatic heterocycles. The molecular formula is C6H13NOV. The molecule has 1 aliphatic rings. The molecule has 1 atom stereocenters. The van der Waals surface area contributed by atoms with Crippen LogP contribution in [-0.4, -0.2) is 36.2 Å². The molecule has 0 amide bonds. The molecule has 0 spiro atoms. The number of nitrogens with zero attached hydrogens (tertiary/aromatic N) is 1. The maximum atomic E-state index is 9.04. The van der Waals surface area contributed by atoms with Crippen LogP contribution in [0.1, 0.15) is 12.8 Å². The fraction of sp³-hybridized carbons (Fsp3) is 1.00. The van der Waals surface area contributed by atoms with Crippen molar-refractivity contribution in [1.82, 2.24) is 4.90 Å². The van der Waals surface area contributed by atoms with Gasteiger partial charge in [0, 0.05) is 25.1 Å². The normalized spacial score (nSPS) is 29.3. The number of rotatable bonds is 0. The molecule has 2 nitrogen and oxygen atoms in total. The summed E-state index contributed by atoms with van der Waals surface area (Å²) in [6.07, 6.45) is 2.08. The molecule has 0 bridgehead atoms. The van der Waals surface area contributed by atoms with Gasteiger partial charge in [0.2, 0.25) is 0 Å². The second kappa shape index (κ2) is 4.34. The summed E-state index contributed by atoms with van der Waals surface area (Å²) in [6, 6.07) is 0. The minimum Gasteiger partial charge on any atom is -0.392 e. The number of hydrogen-bond donors (Lipinski definition) is 1. The van der Waals surface area contributed by atoms with Crippen LogP contribution in [0, 0.1) is 0 Å². The predicted molar refractivity (Wildman–Crippen MR) is 32.7 cm³/mol. The molecule has 1 fully saturated rings. The van der Waals surface area contributed by atoms with E-state index in [9.17, 15) is 0 Å². The van der Waals surface area contributed by atoms with Crippen molar-refractivity contribution < 1.29 is 23.7 Å². The van der Waals surface area contributed by atoms with Crippen LogP contribution in [0.15, 0.2) is 0 Å². The van der Waals surface area contributed by atoms with E-state index >= 15 is 0 Å². The van der Waals surface area contributed by atoms with E-state index in [-0.39, 0.29) is 24.7 Å². The third-order valence-electron chi connectivity index (χ3n) is 1.60. The third-order valence-corrected chi connectivity index (χ3v) is 1.60. The smallest absolute Gasteiger partial charge is 0.0667 e. The van der Waals surface area contributed by atoms with Gasteiger partial charge < -0.3 is 10.0 Å². The van der Waals surface area contributed by atoms with E-state index in [0.29, 0.717) is 0 Å². The van der Waals surface area contributed by atoms with E-state index in [0.717, 1.165) is 25.9 Å². The number of likely N-dealkylation sites (N-methyl/N-ethyl adjacent to an activating group) is 1. The van der Waals surface area contributed by atoms with Crippen molar-refractivity contribution in [2.24, 2.45) is 0 Å². The summed E-state index contributed by atoms with van der Waals surface area (Å²) in [5.41, 5.74) is 0. The molecule has 0 aromatic carbocycles. The first-order valence-corrected chi connectivity index (χ1v) is 3.15. The second-order valence-electron chi connectivity index (χ2n) is 2.56. The van der Waals surface area contributed by atoms with E-state index in [4.69, 9.17) is 5.11 Å². The second-order valence-corrected chi connectivity index (χ2v) is 2.56. The van der Waals surface area contributed by atoms with Crippen molar-refractivity contribution >= 4 is 0 Å². The summed E-state index contributed by atoms with van der Waals surface area (Å²) in [7, 11) is 2.04. The molecule has 1 saturated heterocycles. The van der Waals surface area contributed by atoms with Crippen molar-refractivity contribution in [3.8, 4) is 0 Å². The van der Waals surface area contributed by atoms with Crippen molar-refractivity contribution in [1.29, 1.82) is 0 Å². The summed E-state index contributed by atoms with van der Waals surface area (Å²) in [5.74, 6) is 0. The monoisotopic (exact) mass is 166 g/mol. The van der Waals surface area contributed by atoms with Gasteiger partial charge in [-0.05, 0) is 26.4 Å². The Bertz CT molecular complexity index is 71.5. The van der Waals surface area contributed by atoms with Crippen LogP contribution >= 0.6 is 0 Å². The molecule has 3 heteroatoms. The maximum Gasteiger partial charge on any atom is 0.0667 e. The zero-order chi connectivity index (χ0) is 5.98. The van der Waals surface area contributed by atoms with E-state index < -0.39 is 0 Å². The van der Waals surface area contributed by atoms with Crippen LogP contribution in [0.25, 0.3) is 0 Å². The average Bonchev–Trinajstić information content (AvgIpc) is 1.64. The molecule has 1 unspecified atom stereocenters. The molecular weight excluding hydrogens is 153 g/mol. The maximum absolute atomic E-state index is 9.04. The first-order chi connectivity index (χ1) is 3.79. The number of β-amino-alcohol motifs (C(OH)–C–C–N with tert-alkyl or cyclic N) is 1. The van der Waals surface area contributed by atoms with E-state index in [1.54, 1.807) is 0 Å². The van der Waals surface area contributed by atoms with Gasteiger partial charge in [0.05, 0.1) is 6.10 Å². The summed E-state index contributed by atoms with van der Waals surface area (Å²) >= 11 is 0. The number of aliphatic hydroxyl groups excluding tert-OH is 1. The minimum absolute atomic E-state index is 0. The van der Waals surface area contributed by atoms with Crippen LogP contribution < -0.4 is 0 Å². The Morgan fingerprint density at radius 2 is 2.22 bits per heavy atom. The first kappa shape index (κ1) is 9.50. The van der Waals surface area contributed by atoms with Crippen LogP contribution in [0.5, 0.6) is 0 Å². The van der Waals surface area contributed by atoms with Gasteiger partial charge in [-0.1, -0.05) is 0 Å². The molecule has 1 heterocycles. The van der Waals surface area contributed by atoms with Crippen LogP contribution in [0.2, 0.25) is 0 Å². The topological polar surface area (TPSA) is 23.5 Å². The van der Waals surface area contributed by atoms with E-state index in [1.807, 2.05) is 7.05 Å². The van der Waals surface area contributed by atoms with Crippen molar-refractivity contribution in [2.75, 3.05) is 20.1 Å². The molecule has 1 N–H and O–H groups in total. The molecule has 0 aromatic rings. The van der Waals surface area contributed by atoms with Gasteiger partial charge in [-0.15, -0.1) is 0 Å². The van der Waals surface area contributed by atoms with Crippen LogP contribution in [-0.2, 0) is 18.6 Å². The van der Waals surface area contributed by atoms with E-state index in [1.165, 1.54) is 0 Å². The van der Waals surface area contributed by atoms with Gasteiger partial charge in [0.15, 0.2) is 0 Å². The quantitative estimate of drug-likeness (QED) is 0.550. The molecule has 53 valence electrons. The Morgan fingerprint density at radius 3 is 2.56 bits per heavy atom. The predicted octanol–water partition coefficient (Wildman–Crippen LogP) is 0.0704. The van der Waals surface area contributed by atoms with E-state index in [2.05, 4.69) is 4.90 Å². The molecule has 1 rings (SSSR count). The van der Waals surface area contributed by atoms with Gasteiger partial charge in [0.1, 0.15) is 0 Å². The molecule has 0 saturated carbocycles. The zero-order valence-electron chi connectivity index (χ0n) is 5.75. The Hall–Kier alpha value is 0.504. The van der Waals surface area contributed by atoms with Gasteiger partial charge in [-0.2, -0.15) is 0 Å². The van der Waals surface area contributed by atoms with Crippen molar-refractivity contribution in [3.05, 3.63) is 0 Å². The van der Waals surface area contributed by atoms with Crippen molar-refractivity contribution in [3.63, 3.8) is 0 Å². The molecule has 1 radical (unpaired) electrons. The summed E-state index contributed by atoms with van der Waals surface area (Å²) in [6.45, 7) is 2.01. The summed E-state index contributed by atoms with van der Waals surface area (Å²) < 4.78 is 0. The zero-order valence-corrected chi connectivity index (χ0v) is 7.14.